The zero-order valence-corrected chi connectivity index (χ0v) is 9.09. The molecule has 78 valence electrons. The molecule has 0 amide bonds. The molecule has 0 aromatic heterocycles. The van der Waals surface area contributed by atoms with Crippen molar-refractivity contribution in [3.8, 4) is 0 Å². The first-order valence-electron chi connectivity index (χ1n) is 5.29. The highest BCUT2D eigenvalue weighted by molar-refractivity contribution is 5.53. The van der Waals surface area contributed by atoms with Gasteiger partial charge in [0, 0.05) is 7.97 Å². The Morgan fingerprint density at radius 3 is 2.86 bits per heavy atom. The van der Waals surface area contributed by atoms with Crippen molar-refractivity contribution in [3.63, 3.8) is 0 Å². The number of hydrogen-bond acceptors (Lipinski definition) is 1. The second kappa shape index (κ2) is 6.39. The summed E-state index contributed by atoms with van der Waals surface area (Å²) in [7, 11) is 0. The van der Waals surface area contributed by atoms with Crippen molar-refractivity contribution < 1.29 is 1.43 Å². The van der Waals surface area contributed by atoms with E-state index < -0.39 is 0 Å². The second-order valence-electron chi connectivity index (χ2n) is 3.38. The summed E-state index contributed by atoms with van der Waals surface area (Å²) >= 11 is 0. The van der Waals surface area contributed by atoms with E-state index in [1.165, 1.54) is 17.5 Å². The third-order valence-electron chi connectivity index (χ3n) is 2.14. The molecule has 0 bridgehead atoms. The molecule has 1 nitrogen and oxygen atoms in total. The molecule has 1 heteroatoms. The third-order valence-corrected chi connectivity index (χ3v) is 2.14. The molecule has 0 radical (unpaired) electrons. The molecule has 0 unspecified atom stereocenters. The Hall–Kier alpha value is -1.08. The maximum Gasteiger partial charge on any atom is 0.0211 e. The van der Waals surface area contributed by atoms with Crippen LogP contribution in [0, 0.1) is 0 Å². The maximum atomic E-state index is 3.42. The second-order valence-corrected chi connectivity index (χ2v) is 3.38. The van der Waals surface area contributed by atoms with E-state index in [2.05, 4.69) is 55.6 Å². The van der Waals surface area contributed by atoms with Crippen molar-refractivity contribution in [1.29, 1.82) is 0 Å². The summed E-state index contributed by atoms with van der Waals surface area (Å²) < 4.78 is 0. The molecule has 1 N–H and O–H groups in total. The van der Waals surface area contributed by atoms with Crippen LogP contribution >= 0.6 is 0 Å². The van der Waals surface area contributed by atoms with Gasteiger partial charge < -0.3 is 5.32 Å². The molecule has 0 aliphatic carbocycles. The van der Waals surface area contributed by atoms with Gasteiger partial charge in [-0.25, -0.2) is 0 Å². The predicted octanol–water partition coefficient (Wildman–Crippen LogP) is 3.47. The van der Waals surface area contributed by atoms with Gasteiger partial charge >= 0.3 is 0 Å². The van der Waals surface area contributed by atoms with Gasteiger partial charge in [0.05, 0.1) is 0 Å². The van der Waals surface area contributed by atoms with Crippen LogP contribution in [-0.2, 0) is 6.54 Å². The summed E-state index contributed by atoms with van der Waals surface area (Å²) in [6.07, 6.45) is 5.42. The van der Waals surface area contributed by atoms with Crippen molar-refractivity contribution in [1.82, 2.24) is 5.32 Å². The van der Waals surface area contributed by atoms with E-state index >= 15 is 0 Å². The van der Waals surface area contributed by atoms with Gasteiger partial charge in [0.1, 0.15) is 0 Å². The van der Waals surface area contributed by atoms with Gasteiger partial charge in [0.15, 0.2) is 0 Å². The Morgan fingerprint density at radius 1 is 1.36 bits per heavy atom. The highest BCUT2D eigenvalue weighted by atomic mass is 14.8. The average Bonchev–Trinajstić information content (AvgIpc) is 2.21. The largest absolute Gasteiger partial charge is 0.313 e. The van der Waals surface area contributed by atoms with Crippen LogP contribution in [0.4, 0.5) is 0 Å². The van der Waals surface area contributed by atoms with Crippen LogP contribution in [0.5, 0.6) is 0 Å². The van der Waals surface area contributed by atoms with E-state index in [4.69, 9.17) is 0 Å². The smallest absolute Gasteiger partial charge is 0.0211 e. The van der Waals surface area contributed by atoms with Crippen molar-refractivity contribution in [2.75, 3.05) is 6.54 Å². The lowest BCUT2D eigenvalue weighted by molar-refractivity contribution is 0.675. The van der Waals surface area contributed by atoms with Crippen LogP contribution in [0.25, 0.3) is 6.08 Å². The summed E-state index contributed by atoms with van der Waals surface area (Å²) in [6, 6.07) is 8.51. The SMILES string of the molecule is C/C=C\c1ccccc1CNCCC.[HH]. The minimum Gasteiger partial charge on any atom is -0.313 e. The lowest BCUT2D eigenvalue weighted by Crippen LogP contribution is -2.14. The number of rotatable bonds is 5. The lowest BCUT2D eigenvalue weighted by atomic mass is 10.1. The van der Waals surface area contributed by atoms with Gasteiger partial charge in [-0.3, -0.25) is 0 Å². The maximum absolute atomic E-state index is 3.42. The summed E-state index contributed by atoms with van der Waals surface area (Å²) in [5, 5.41) is 3.42. The normalized spacial score (nSPS) is 11.0. The van der Waals surface area contributed by atoms with Crippen molar-refractivity contribution in [2.24, 2.45) is 0 Å². The van der Waals surface area contributed by atoms with Crippen LogP contribution in [0.15, 0.2) is 30.3 Å². The Morgan fingerprint density at radius 2 is 2.14 bits per heavy atom. The summed E-state index contributed by atoms with van der Waals surface area (Å²) in [5.41, 5.74) is 2.69. The van der Waals surface area contributed by atoms with Crippen molar-refractivity contribution >= 4 is 6.08 Å². The molecule has 0 saturated carbocycles. The highest BCUT2D eigenvalue weighted by Crippen LogP contribution is 2.10. The first-order valence-corrected chi connectivity index (χ1v) is 5.29. The minimum absolute atomic E-state index is 0. The number of benzene rings is 1. The van der Waals surface area contributed by atoms with E-state index in [-0.39, 0.29) is 1.43 Å². The van der Waals surface area contributed by atoms with E-state index in [0.29, 0.717) is 0 Å². The molecule has 0 atom stereocenters. The summed E-state index contributed by atoms with van der Waals surface area (Å²) in [6.45, 7) is 6.29. The third kappa shape index (κ3) is 3.35. The average molecular weight is 191 g/mol. The Kier molecular flexibility index (Phi) is 5.02. The quantitative estimate of drug-likeness (QED) is 0.703. The topological polar surface area (TPSA) is 12.0 Å². The Labute approximate surface area is 88.3 Å². The lowest BCUT2D eigenvalue weighted by Gasteiger charge is -2.06. The molecule has 0 spiro atoms. The first kappa shape index (κ1) is 11.0. The van der Waals surface area contributed by atoms with E-state index in [9.17, 15) is 0 Å². The summed E-state index contributed by atoms with van der Waals surface area (Å²) in [5.74, 6) is 0. The number of allylic oxidation sites excluding steroid dienone is 1. The molecule has 0 aliphatic rings. The van der Waals surface area contributed by atoms with E-state index in [0.717, 1.165) is 13.1 Å². The van der Waals surface area contributed by atoms with Gasteiger partial charge in [0.25, 0.3) is 0 Å². The summed E-state index contributed by atoms with van der Waals surface area (Å²) in [4.78, 5) is 0. The van der Waals surface area contributed by atoms with Crippen LogP contribution in [0.1, 0.15) is 32.8 Å². The predicted molar refractivity (Wildman–Crippen MR) is 65.3 cm³/mol. The van der Waals surface area contributed by atoms with Gasteiger partial charge in [-0.2, -0.15) is 0 Å². The van der Waals surface area contributed by atoms with Crippen LogP contribution in [0.2, 0.25) is 0 Å². The minimum atomic E-state index is 0. The van der Waals surface area contributed by atoms with Gasteiger partial charge in [-0.15, -0.1) is 0 Å². The number of hydrogen-bond donors (Lipinski definition) is 1. The highest BCUT2D eigenvalue weighted by Gasteiger charge is 1.96. The monoisotopic (exact) mass is 191 g/mol. The molecule has 0 aliphatic heterocycles. The van der Waals surface area contributed by atoms with Crippen LogP contribution in [-0.4, -0.2) is 6.54 Å². The molecule has 0 fully saturated rings. The molecule has 14 heavy (non-hydrogen) atoms. The zero-order valence-electron chi connectivity index (χ0n) is 9.09. The molecule has 1 aromatic carbocycles. The molecule has 0 saturated heterocycles. The Balaban J connectivity index is 0.00000196. The van der Waals surface area contributed by atoms with Gasteiger partial charge in [-0.1, -0.05) is 43.3 Å². The van der Waals surface area contributed by atoms with Crippen molar-refractivity contribution in [2.45, 2.75) is 26.8 Å². The standard InChI is InChI=1S/C13H19N.H2/c1-3-7-12-8-5-6-9-13(12)11-14-10-4-2;/h3,5-9,14H,4,10-11H2,1-2H3;1H/b7-3-;. The fourth-order valence-electron chi connectivity index (χ4n) is 1.44. The molecule has 0 heterocycles. The number of nitrogens with one attached hydrogen (secondary N) is 1. The molecule has 1 rings (SSSR count). The Bertz CT molecular complexity index is 294. The first-order chi connectivity index (χ1) is 6.88. The van der Waals surface area contributed by atoms with Gasteiger partial charge in [0.2, 0.25) is 0 Å². The molecular formula is C13H21N. The van der Waals surface area contributed by atoms with Crippen LogP contribution in [0.3, 0.4) is 0 Å². The zero-order chi connectivity index (χ0) is 10.2. The van der Waals surface area contributed by atoms with E-state index in [1.807, 2.05) is 0 Å². The molecule has 1 aromatic rings. The molecular weight excluding hydrogens is 170 g/mol. The van der Waals surface area contributed by atoms with Gasteiger partial charge in [-0.05, 0) is 31.0 Å². The fourth-order valence-corrected chi connectivity index (χ4v) is 1.44. The van der Waals surface area contributed by atoms with E-state index in [1.54, 1.807) is 0 Å². The van der Waals surface area contributed by atoms with Crippen LogP contribution < -0.4 is 5.32 Å². The fraction of sp³-hybridized carbons (Fsp3) is 0.385. The van der Waals surface area contributed by atoms with Crippen molar-refractivity contribution in [3.05, 3.63) is 41.5 Å².